The zero-order valence-corrected chi connectivity index (χ0v) is 13.4. The lowest BCUT2D eigenvalue weighted by Crippen LogP contribution is -2.29. The van der Waals surface area contributed by atoms with Gasteiger partial charge in [-0.2, -0.15) is 0 Å². The van der Waals surface area contributed by atoms with Gasteiger partial charge in [-0.25, -0.2) is 0 Å². The molecular weight excluding hydrogens is 290 g/mol. The Balaban J connectivity index is 0.00000220. The molecule has 0 fully saturated rings. The predicted molar refractivity (Wildman–Crippen MR) is 85.9 cm³/mol. The van der Waals surface area contributed by atoms with Gasteiger partial charge in [-0.15, -0.1) is 12.4 Å². The molecule has 21 heavy (non-hydrogen) atoms. The molecule has 0 saturated carbocycles. The molecule has 0 saturated heterocycles. The van der Waals surface area contributed by atoms with E-state index >= 15 is 0 Å². The molecule has 1 aromatic rings. The number of carbonyl (C=O) groups is 2. The van der Waals surface area contributed by atoms with Gasteiger partial charge in [-0.05, 0) is 31.2 Å². The molecule has 0 spiro atoms. The summed E-state index contributed by atoms with van der Waals surface area (Å²) in [6, 6.07) is 5.88. The molecule has 0 aromatic heterocycles. The van der Waals surface area contributed by atoms with E-state index in [2.05, 4.69) is 10.6 Å². The van der Waals surface area contributed by atoms with Gasteiger partial charge in [0.2, 0.25) is 11.8 Å². The Kier molecular flexibility index (Phi) is 6.18. The normalized spacial score (nSPS) is 14.4. The summed E-state index contributed by atoms with van der Waals surface area (Å²) in [7, 11) is 3.61. The number of likely N-dealkylation sites (N-methyl/N-ethyl adjacent to an activating group) is 1. The quantitative estimate of drug-likeness (QED) is 0.864. The van der Waals surface area contributed by atoms with Crippen molar-refractivity contribution in [1.29, 1.82) is 0 Å². The number of benzene rings is 1. The van der Waals surface area contributed by atoms with E-state index in [1.54, 1.807) is 11.9 Å². The van der Waals surface area contributed by atoms with Crippen LogP contribution in [-0.2, 0) is 16.0 Å². The summed E-state index contributed by atoms with van der Waals surface area (Å²) in [5, 5.41) is 5.92. The van der Waals surface area contributed by atoms with Crippen LogP contribution in [0.2, 0.25) is 0 Å². The van der Waals surface area contributed by atoms with E-state index in [0.29, 0.717) is 19.4 Å². The molecule has 1 aromatic carbocycles. The zero-order valence-electron chi connectivity index (χ0n) is 12.6. The van der Waals surface area contributed by atoms with Gasteiger partial charge in [0, 0.05) is 25.7 Å². The predicted octanol–water partition coefficient (Wildman–Crippen LogP) is 1.41. The molecule has 0 bridgehead atoms. The number of rotatable bonds is 5. The first-order valence-electron chi connectivity index (χ1n) is 6.86. The van der Waals surface area contributed by atoms with Crippen LogP contribution in [0.1, 0.15) is 30.5 Å². The van der Waals surface area contributed by atoms with Crippen LogP contribution in [-0.4, -0.2) is 32.5 Å². The van der Waals surface area contributed by atoms with Crippen molar-refractivity contribution >= 4 is 29.9 Å². The third kappa shape index (κ3) is 3.95. The average molecular weight is 312 g/mol. The maximum Gasteiger partial charge on any atom is 0.231 e. The third-order valence-corrected chi connectivity index (χ3v) is 3.66. The number of nitrogens with zero attached hydrogens (tertiary/aromatic N) is 1. The molecule has 0 radical (unpaired) electrons. The molecule has 2 amide bonds. The van der Waals surface area contributed by atoms with Crippen LogP contribution in [0.4, 0.5) is 5.69 Å². The smallest absolute Gasteiger partial charge is 0.231 e. The molecule has 5 nitrogen and oxygen atoms in total. The number of hydrogen-bond acceptors (Lipinski definition) is 3. The molecule has 1 heterocycles. The molecule has 0 aliphatic carbocycles. The van der Waals surface area contributed by atoms with E-state index < -0.39 is 0 Å². The van der Waals surface area contributed by atoms with Gasteiger partial charge >= 0.3 is 0 Å². The number of hydrogen-bond donors (Lipinski definition) is 2. The summed E-state index contributed by atoms with van der Waals surface area (Å²) in [5.74, 6) is 0.142. The van der Waals surface area contributed by atoms with E-state index in [0.717, 1.165) is 16.8 Å². The highest BCUT2D eigenvalue weighted by molar-refractivity contribution is 6.00. The standard InChI is InChI=1S/C15H21N3O2.ClH/c1-10(17-14(19)6-7-16-2)11-4-5-13-12(8-11)9-15(20)18(13)3;/h4-5,8,10,16H,6-7,9H2,1-3H3,(H,17,19);1H. The van der Waals surface area contributed by atoms with Crippen LogP contribution in [0.15, 0.2) is 18.2 Å². The van der Waals surface area contributed by atoms with Gasteiger partial charge in [-0.1, -0.05) is 12.1 Å². The van der Waals surface area contributed by atoms with Crippen molar-refractivity contribution in [2.45, 2.75) is 25.8 Å². The van der Waals surface area contributed by atoms with E-state index in [1.807, 2.05) is 32.2 Å². The highest BCUT2D eigenvalue weighted by atomic mass is 35.5. The van der Waals surface area contributed by atoms with Crippen molar-refractivity contribution in [3.63, 3.8) is 0 Å². The van der Waals surface area contributed by atoms with Crippen molar-refractivity contribution < 1.29 is 9.59 Å². The lowest BCUT2D eigenvalue weighted by Gasteiger charge is -2.16. The van der Waals surface area contributed by atoms with Gasteiger partial charge in [0.1, 0.15) is 0 Å². The van der Waals surface area contributed by atoms with Crippen LogP contribution in [0.3, 0.4) is 0 Å². The van der Waals surface area contributed by atoms with Crippen LogP contribution in [0.25, 0.3) is 0 Å². The van der Waals surface area contributed by atoms with Gasteiger partial charge in [0.15, 0.2) is 0 Å². The number of fused-ring (bicyclic) bond motifs is 1. The Labute approximate surface area is 131 Å². The Morgan fingerprint density at radius 1 is 1.43 bits per heavy atom. The van der Waals surface area contributed by atoms with Crippen LogP contribution < -0.4 is 15.5 Å². The number of nitrogens with one attached hydrogen (secondary N) is 2. The lowest BCUT2D eigenvalue weighted by molar-refractivity contribution is -0.121. The Hall–Kier alpha value is -1.59. The first-order valence-corrected chi connectivity index (χ1v) is 6.86. The lowest BCUT2D eigenvalue weighted by atomic mass is 10.0. The molecule has 116 valence electrons. The minimum Gasteiger partial charge on any atom is -0.350 e. The topological polar surface area (TPSA) is 61.4 Å². The fourth-order valence-electron chi connectivity index (χ4n) is 2.39. The maximum absolute atomic E-state index is 11.7. The van der Waals surface area contributed by atoms with Crippen LogP contribution in [0.5, 0.6) is 0 Å². The summed E-state index contributed by atoms with van der Waals surface area (Å²) in [4.78, 5) is 25.0. The van der Waals surface area contributed by atoms with Crippen molar-refractivity contribution in [2.24, 2.45) is 0 Å². The minimum absolute atomic E-state index is 0. The second-order valence-corrected chi connectivity index (χ2v) is 5.16. The van der Waals surface area contributed by atoms with E-state index in [1.165, 1.54) is 0 Å². The summed E-state index contributed by atoms with van der Waals surface area (Å²) in [5.41, 5.74) is 3.03. The van der Waals surface area contributed by atoms with E-state index in [9.17, 15) is 9.59 Å². The summed E-state index contributed by atoms with van der Waals surface area (Å²) < 4.78 is 0. The molecule has 1 atom stereocenters. The number of carbonyl (C=O) groups excluding carboxylic acids is 2. The maximum atomic E-state index is 11.7. The molecular formula is C15H22ClN3O2. The number of amides is 2. The zero-order chi connectivity index (χ0) is 14.7. The summed E-state index contributed by atoms with van der Waals surface area (Å²) >= 11 is 0. The third-order valence-electron chi connectivity index (χ3n) is 3.66. The molecule has 1 unspecified atom stereocenters. The van der Waals surface area contributed by atoms with Gasteiger partial charge in [0.25, 0.3) is 0 Å². The van der Waals surface area contributed by atoms with Gasteiger partial charge in [-0.3, -0.25) is 9.59 Å². The second-order valence-electron chi connectivity index (χ2n) is 5.16. The average Bonchev–Trinajstić information content (AvgIpc) is 2.71. The summed E-state index contributed by atoms with van der Waals surface area (Å²) in [6.45, 7) is 2.63. The highest BCUT2D eigenvalue weighted by Gasteiger charge is 2.24. The van der Waals surface area contributed by atoms with Crippen LogP contribution >= 0.6 is 12.4 Å². The summed E-state index contributed by atoms with van der Waals surface area (Å²) in [6.07, 6.45) is 0.910. The first-order chi connectivity index (χ1) is 9.52. The van der Waals surface area contributed by atoms with Gasteiger partial charge < -0.3 is 15.5 Å². The molecule has 2 N–H and O–H groups in total. The van der Waals surface area contributed by atoms with Crippen LogP contribution in [0, 0.1) is 0 Å². The molecule has 2 rings (SSSR count). The minimum atomic E-state index is -0.0503. The molecule has 1 aliphatic heterocycles. The van der Waals surface area contributed by atoms with Crippen molar-refractivity contribution in [1.82, 2.24) is 10.6 Å². The van der Waals surface area contributed by atoms with Gasteiger partial charge in [0.05, 0.1) is 12.5 Å². The SMILES string of the molecule is CNCCC(=O)NC(C)c1ccc2c(c1)CC(=O)N2C.Cl. The van der Waals surface area contributed by atoms with E-state index in [-0.39, 0.29) is 30.3 Å². The Morgan fingerprint density at radius 3 is 2.81 bits per heavy atom. The molecule has 6 heteroatoms. The molecule has 1 aliphatic rings. The Morgan fingerprint density at radius 2 is 2.14 bits per heavy atom. The number of anilines is 1. The van der Waals surface area contributed by atoms with E-state index in [4.69, 9.17) is 0 Å². The first kappa shape index (κ1) is 17.5. The Bertz CT molecular complexity index is 534. The monoisotopic (exact) mass is 311 g/mol. The van der Waals surface area contributed by atoms with Crippen molar-refractivity contribution in [3.05, 3.63) is 29.3 Å². The second kappa shape index (κ2) is 7.43. The largest absolute Gasteiger partial charge is 0.350 e. The van der Waals surface area contributed by atoms with Crippen molar-refractivity contribution in [3.8, 4) is 0 Å². The number of halogens is 1. The highest BCUT2D eigenvalue weighted by Crippen LogP contribution is 2.30. The fraction of sp³-hybridized carbons (Fsp3) is 0.467. The van der Waals surface area contributed by atoms with Crippen molar-refractivity contribution in [2.75, 3.05) is 25.5 Å². The fourth-order valence-corrected chi connectivity index (χ4v) is 2.39.